The zero-order valence-electron chi connectivity index (χ0n) is 20.5. The summed E-state index contributed by atoms with van der Waals surface area (Å²) in [5.41, 5.74) is -1.01. The molecule has 6 aliphatic rings. The van der Waals surface area contributed by atoms with E-state index in [1.807, 2.05) is 0 Å². The van der Waals surface area contributed by atoms with E-state index in [4.69, 9.17) is 18.3 Å². The lowest BCUT2D eigenvalue weighted by Gasteiger charge is -2.58. The van der Waals surface area contributed by atoms with Crippen LogP contribution in [-0.4, -0.2) is 42.1 Å². The fraction of sp³-hybridized carbons (Fsp3) is 0.792. The Balaban J connectivity index is 1.47. The molecule has 30 heavy (non-hydrogen) atoms. The molecule has 0 bridgehead atoms. The summed E-state index contributed by atoms with van der Waals surface area (Å²) in [6.07, 6.45) is 6.30. The van der Waals surface area contributed by atoms with Crippen LogP contribution in [0.1, 0.15) is 69.3 Å². The van der Waals surface area contributed by atoms with E-state index in [0.29, 0.717) is 32.1 Å². The summed E-state index contributed by atoms with van der Waals surface area (Å²) in [5, 5.41) is 0. The Morgan fingerprint density at radius 2 is 2.07 bits per heavy atom. The monoisotopic (exact) mass is 417 g/mol. The van der Waals surface area contributed by atoms with Crippen LogP contribution in [0.2, 0.25) is 0 Å². The van der Waals surface area contributed by atoms with Crippen molar-refractivity contribution in [3.05, 3.63) is 11.6 Å². The fourth-order valence-electron chi connectivity index (χ4n) is 8.61. The number of rotatable bonds is 1. The predicted molar refractivity (Wildman–Crippen MR) is 105 cm³/mol. The third-order valence-corrected chi connectivity index (χ3v) is 10.1. The smallest absolute Gasteiger partial charge is 0.309 e. The highest BCUT2D eigenvalue weighted by molar-refractivity contribution is 5.92. The summed E-state index contributed by atoms with van der Waals surface area (Å²) in [4.78, 5) is 37.8. The van der Waals surface area contributed by atoms with Gasteiger partial charge in [0.2, 0.25) is 0 Å². The van der Waals surface area contributed by atoms with Crippen LogP contribution in [0.5, 0.6) is 0 Å². The number of carbonyl (C=O) groups excluding carboxylic acids is 3. The molecule has 0 aromatic heterocycles. The first-order valence-electron chi connectivity index (χ1n) is 12.7. The Morgan fingerprint density at radius 3 is 2.80 bits per heavy atom. The predicted octanol–water partition coefficient (Wildman–Crippen LogP) is 3.12. The van der Waals surface area contributed by atoms with Gasteiger partial charge in [-0.05, 0) is 50.5 Å². The molecule has 8 atom stereocenters. The summed E-state index contributed by atoms with van der Waals surface area (Å²) in [5.74, 6) is -1.80. The molecule has 0 aromatic carbocycles. The highest BCUT2D eigenvalue weighted by atomic mass is 16.6. The number of epoxide rings is 1. The summed E-state index contributed by atoms with van der Waals surface area (Å²) < 4.78 is 40.0. The van der Waals surface area contributed by atoms with Gasteiger partial charge in [0.1, 0.15) is 11.2 Å². The van der Waals surface area contributed by atoms with Crippen molar-refractivity contribution < 1.29 is 32.7 Å². The molecule has 6 nitrogen and oxygen atoms in total. The van der Waals surface area contributed by atoms with Crippen molar-refractivity contribution in [2.75, 3.05) is 7.04 Å². The lowest BCUT2D eigenvalue weighted by atomic mass is 9.43. The normalized spacial score (nSPS) is 55.1. The third kappa shape index (κ3) is 1.94. The Hall–Kier alpha value is -1.69. The van der Waals surface area contributed by atoms with E-state index in [0.717, 1.165) is 24.8 Å². The maximum Gasteiger partial charge on any atom is 0.309 e. The largest absolute Gasteiger partial charge is 0.469 e. The maximum absolute atomic E-state index is 13.3. The number of hydrogen-bond donors (Lipinski definition) is 0. The molecular weight excluding hydrogens is 384 g/mol. The van der Waals surface area contributed by atoms with Crippen LogP contribution in [0, 0.1) is 28.6 Å². The Kier molecular flexibility index (Phi) is 2.97. The summed E-state index contributed by atoms with van der Waals surface area (Å²) in [7, 11) is -2.83. The molecule has 0 radical (unpaired) electrons. The van der Waals surface area contributed by atoms with Crippen LogP contribution in [0.4, 0.5) is 0 Å². The molecular formula is C24H30O6. The van der Waals surface area contributed by atoms with Crippen LogP contribution >= 0.6 is 0 Å². The molecule has 162 valence electrons. The van der Waals surface area contributed by atoms with E-state index in [1.165, 1.54) is 0 Å². The Labute approximate surface area is 180 Å². The molecule has 2 aliphatic heterocycles. The standard InChI is InChI=1S/C24H30O6/c1-21-7-4-14(25)10-13(21)11-15(20(27)28-3)19-16-5-8-23(9-6-18(26)30-23)22(16,2)12-17-24(19,21)29-17/h10,15-17,19H,4-9,11-12H2,1-3H3/t15-,16+,17?,19+,21+,22+,23-,24?/m1/s1/i3D3. The van der Waals surface area contributed by atoms with Gasteiger partial charge in [0.15, 0.2) is 5.78 Å². The van der Waals surface area contributed by atoms with Gasteiger partial charge in [-0.2, -0.15) is 0 Å². The Bertz CT molecular complexity index is 1000. The van der Waals surface area contributed by atoms with Gasteiger partial charge in [0.25, 0.3) is 0 Å². The number of esters is 2. The molecule has 5 fully saturated rings. The molecule has 2 heterocycles. The molecule has 2 spiro atoms. The van der Waals surface area contributed by atoms with Crippen molar-refractivity contribution in [2.45, 2.75) is 82.5 Å². The van der Waals surface area contributed by atoms with Crippen LogP contribution in [-0.2, 0) is 28.6 Å². The van der Waals surface area contributed by atoms with Crippen molar-refractivity contribution in [2.24, 2.45) is 28.6 Å². The second-order valence-corrected chi connectivity index (χ2v) is 10.9. The van der Waals surface area contributed by atoms with E-state index in [2.05, 4.69) is 13.8 Å². The van der Waals surface area contributed by atoms with Crippen LogP contribution in [0.3, 0.4) is 0 Å². The minimum atomic E-state index is -2.83. The first-order valence-corrected chi connectivity index (χ1v) is 11.2. The van der Waals surface area contributed by atoms with Crippen molar-refractivity contribution >= 4 is 17.7 Å². The van der Waals surface area contributed by atoms with Gasteiger partial charge in [-0.15, -0.1) is 0 Å². The van der Waals surface area contributed by atoms with Crippen molar-refractivity contribution in [1.82, 2.24) is 0 Å². The molecule has 2 unspecified atom stereocenters. The van der Waals surface area contributed by atoms with Crippen molar-refractivity contribution in [3.63, 3.8) is 0 Å². The number of carbonyl (C=O) groups is 3. The van der Waals surface area contributed by atoms with Crippen LogP contribution in [0.15, 0.2) is 11.6 Å². The molecule has 2 saturated heterocycles. The second-order valence-electron chi connectivity index (χ2n) is 10.9. The van der Waals surface area contributed by atoms with Gasteiger partial charge < -0.3 is 14.2 Å². The van der Waals surface area contributed by atoms with E-state index in [9.17, 15) is 14.4 Å². The van der Waals surface area contributed by atoms with E-state index < -0.39 is 30.1 Å². The Morgan fingerprint density at radius 1 is 1.23 bits per heavy atom. The van der Waals surface area contributed by atoms with Gasteiger partial charge in [-0.1, -0.05) is 19.4 Å². The lowest BCUT2D eigenvalue weighted by molar-refractivity contribution is -0.172. The highest BCUT2D eigenvalue weighted by Crippen LogP contribution is 2.78. The fourth-order valence-corrected chi connectivity index (χ4v) is 8.61. The number of fused-ring (bicyclic) bond motifs is 4. The van der Waals surface area contributed by atoms with Gasteiger partial charge in [-0.25, -0.2) is 0 Å². The average Bonchev–Trinajstić information content (AvgIpc) is 3.19. The number of methoxy groups -OCH3 is 1. The summed E-state index contributed by atoms with van der Waals surface area (Å²) >= 11 is 0. The minimum absolute atomic E-state index is 0.0345. The second kappa shape index (κ2) is 5.56. The zero-order chi connectivity index (χ0) is 23.6. The minimum Gasteiger partial charge on any atom is -0.469 e. The molecule has 6 heteroatoms. The van der Waals surface area contributed by atoms with Crippen LogP contribution in [0.25, 0.3) is 0 Å². The molecule has 0 aromatic rings. The quantitative estimate of drug-likeness (QED) is 0.482. The van der Waals surface area contributed by atoms with E-state index >= 15 is 0 Å². The maximum atomic E-state index is 13.3. The SMILES string of the molecule is [2H]C([2H])([2H])OC(=O)[C@@H]1CC2=CC(=O)CC[C@]2(C)C23OC2C[C@@]2(C)[C@@H](CC[C@@]24CCC(=O)O4)[C@H]13. The zero-order valence-corrected chi connectivity index (χ0v) is 17.5. The molecule has 4 aliphatic carbocycles. The number of ketones is 1. The summed E-state index contributed by atoms with van der Waals surface area (Å²) in [6, 6.07) is 0. The van der Waals surface area contributed by atoms with E-state index in [1.54, 1.807) is 6.08 Å². The van der Waals surface area contributed by atoms with Gasteiger partial charge >= 0.3 is 11.9 Å². The average molecular weight is 418 g/mol. The van der Waals surface area contributed by atoms with Crippen molar-refractivity contribution in [3.8, 4) is 0 Å². The van der Waals surface area contributed by atoms with Gasteiger partial charge in [0.05, 0.1) is 23.2 Å². The topological polar surface area (TPSA) is 82.2 Å². The van der Waals surface area contributed by atoms with E-state index in [-0.39, 0.29) is 40.5 Å². The third-order valence-electron chi connectivity index (χ3n) is 10.1. The first kappa shape index (κ1) is 16.0. The highest BCUT2D eigenvalue weighted by Gasteiger charge is 2.83. The van der Waals surface area contributed by atoms with Gasteiger partial charge in [0, 0.05) is 29.6 Å². The molecule has 0 amide bonds. The first-order chi connectivity index (χ1) is 15.4. The summed E-state index contributed by atoms with van der Waals surface area (Å²) in [6.45, 7) is 4.31. The molecule has 0 N–H and O–H groups in total. The molecule has 3 saturated carbocycles. The van der Waals surface area contributed by atoms with Crippen LogP contribution < -0.4 is 0 Å². The molecule has 6 rings (SSSR count). The number of hydrogen-bond acceptors (Lipinski definition) is 6. The van der Waals surface area contributed by atoms with Crippen molar-refractivity contribution in [1.29, 1.82) is 0 Å². The lowest BCUT2D eigenvalue weighted by Crippen LogP contribution is -2.63. The van der Waals surface area contributed by atoms with Gasteiger partial charge in [-0.3, -0.25) is 14.4 Å². The number of ether oxygens (including phenoxy) is 3.